The molecule has 2 nitrogen and oxygen atoms in total. The smallest absolute Gasteiger partial charge is 0.129 e. The summed E-state index contributed by atoms with van der Waals surface area (Å²) < 4.78 is 19.1. The van der Waals surface area contributed by atoms with Crippen LogP contribution >= 0.6 is 0 Å². The van der Waals surface area contributed by atoms with Crippen molar-refractivity contribution < 1.29 is 14.2 Å². The molecule has 1 atom stereocenters. The van der Waals surface area contributed by atoms with Crippen LogP contribution in [-0.4, -0.2) is 11.7 Å². The number of aliphatic hydroxyl groups is 1. The standard InChI is InChI=1S/C16H17FO2/c1-3-19-13-7-5-12(6-8-13)16(18)14-10-11(2)4-9-15(14)17/h4-10,16,18H,3H2,1-2H3. The van der Waals surface area contributed by atoms with E-state index in [1.165, 1.54) is 6.07 Å². The maximum atomic E-state index is 13.7. The number of ether oxygens (including phenoxy) is 1. The first-order valence-electron chi connectivity index (χ1n) is 6.28. The molecule has 0 bridgehead atoms. The van der Waals surface area contributed by atoms with E-state index in [0.717, 1.165) is 11.3 Å². The average Bonchev–Trinajstić information content (AvgIpc) is 2.42. The Labute approximate surface area is 112 Å². The van der Waals surface area contributed by atoms with Crippen molar-refractivity contribution in [1.82, 2.24) is 0 Å². The summed E-state index contributed by atoms with van der Waals surface area (Å²) in [5.74, 6) is 0.343. The molecule has 19 heavy (non-hydrogen) atoms. The molecular formula is C16H17FO2. The second-order valence-electron chi connectivity index (χ2n) is 4.43. The fourth-order valence-corrected chi connectivity index (χ4v) is 1.97. The van der Waals surface area contributed by atoms with Gasteiger partial charge in [0.1, 0.15) is 17.7 Å². The van der Waals surface area contributed by atoms with Crippen LogP contribution in [0.15, 0.2) is 42.5 Å². The fourth-order valence-electron chi connectivity index (χ4n) is 1.97. The van der Waals surface area contributed by atoms with E-state index in [2.05, 4.69) is 0 Å². The molecule has 0 radical (unpaired) electrons. The molecule has 0 heterocycles. The van der Waals surface area contributed by atoms with E-state index in [4.69, 9.17) is 4.74 Å². The Morgan fingerprint density at radius 3 is 2.47 bits per heavy atom. The topological polar surface area (TPSA) is 29.5 Å². The maximum Gasteiger partial charge on any atom is 0.129 e. The molecule has 1 unspecified atom stereocenters. The normalized spacial score (nSPS) is 12.2. The molecule has 0 spiro atoms. The van der Waals surface area contributed by atoms with Crippen LogP contribution < -0.4 is 4.74 Å². The third kappa shape index (κ3) is 3.12. The van der Waals surface area contributed by atoms with Gasteiger partial charge in [0.2, 0.25) is 0 Å². The lowest BCUT2D eigenvalue weighted by molar-refractivity contribution is 0.214. The van der Waals surface area contributed by atoms with Gasteiger partial charge >= 0.3 is 0 Å². The van der Waals surface area contributed by atoms with E-state index in [1.807, 2.05) is 13.8 Å². The van der Waals surface area contributed by atoms with Gasteiger partial charge in [-0.15, -0.1) is 0 Å². The predicted molar refractivity (Wildman–Crippen MR) is 72.8 cm³/mol. The zero-order valence-corrected chi connectivity index (χ0v) is 11.1. The SMILES string of the molecule is CCOc1ccc(C(O)c2cc(C)ccc2F)cc1. The molecular weight excluding hydrogens is 243 g/mol. The van der Waals surface area contributed by atoms with E-state index >= 15 is 0 Å². The Kier molecular flexibility index (Phi) is 4.17. The summed E-state index contributed by atoms with van der Waals surface area (Å²) in [6.07, 6.45) is -0.962. The Morgan fingerprint density at radius 1 is 1.16 bits per heavy atom. The second kappa shape index (κ2) is 5.85. The van der Waals surface area contributed by atoms with Crippen molar-refractivity contribution in [1.29, 1.82) is 0 Å². The van der Waals surface area contributed by atoms with Crippen molar-refractivity contribution in [3.05, 3.63) is 65.0 Å². The zero-order chi connectivity index (χ0) is 13.8. The lowest BCUT2D eigenvalue weighted by Crippen LogP contribution is -2.03. The molecule has 2 aromatic carbocycles. The maximum absolute atomic E-state index is 13.7. The van der Waals surface area contributed by atoms with E-state index in [1.54, 1.807) is 36.4 Å². The van der Waals surface area contributed by atoms with E-state index in [-0.39, 0.29) is 0 Å². The second-order valence-corrected chi connectivity index (χ2v) is 4.43. The number of halogens is 1. The molecule has 0 saturated carbocycles. The molecule has 2 rings (SSSR count). The van der Waals surface area contributed by atoms with Gasteiger partial charge in [0.25, 0.3) is 0 Å². The highest BCUT2D eigenvalue weighted by molar-refractivity contribution is 5.36. The van der Waals surface area contributed by atoms with Gasteiger partial charge in [0.05, 0.1) is 6.61 Å². The highest BCUT2D eigenvalue weighted by atomic mass is 19.1. The van der Waals surface area contributed by atoms with Crippen LogP contribution in [0.25, 0.3) is 0 Å². The quantitative estimate of drug-likeness (QED) is 0.909. The summed E-state index contributed by atoms with van der Waals surface area (Å²) in [6.45, 7) is 4.37. The summed E-state index contributed by atoms with van der Waals surface area (Å²) >= 11 is 0. The van der Waals surface area contributed by atoms with Gasteiger partial charge in [-0.2, -0.15) is 0 Å². The minimum absolute atomic E-state index is 0.296. The van der Waals surface area contributed by atoms with E-state index < -0.39 is 11.9 Å². The van der Waals surface area contributed by atoms with Gasteiger partial charge in [0, 0.05) is 5.56 Å². The van der Waals surface area contributed by atoms with E-state index in [9.17, 15) is 9.50 Å². The summed E-state index contributed by atoms with van der Waals surface area (Å²) in [6, 6.07) is 11.8. The van der Waals surface area contributed by atoms with E-state index in [0.29, 0.717) is 17.7 Å². The minimum Gasteiger partial charge on any atom is -0.494 e. The summed E-state index contributed by atoms with van der Waals surface area (Å²) in [5.41, 5.74) is 1.86. The van der Waals surface area contributed by atoms with Crippen LogP contribution in [0.4, 0.5) is 4.39 Å². The minimum atomic E-state index is -0.962. The molecule has 0 aromatic heterocycles. The molecule has 1 N–H and O–H groups in total. The zero-order valence-electron chi connectivity index (χ0n) is 11.1. The van der Waals surface area contributed by atoms with Crippen LogP contribution in [0.2, 0.25) is 0 Å². The van der Waals surface area contributed by atoms with Gasteiger partial charge in [-0.1, -0.05) is 29.8 Å². The molecule has 0 saturated heterocycles. The Morgan fingerprint density at radius 2 is 1.84 bits per heavy atom. The van der Waals surface area contributed by atoms with Gasteiger partial charge in [-0.05, 0) is 37.6 Å². The van der Waals surface area contributed by atoms with Gasteiger partial charge in [-0.25, -0.2) is 4.39 Å². The first kappa shape index (κ1) is 13.6. The Hall–Kier alpha value is -1.87. The molecule has 0 fully saturated rings. The summed E-state index contributed by atoms with van der Waals surface area (Å²) in [7, 11) is 0. The number of aryl methyl sites for hydroxylation is 1. The number of rotatable bonds is 4. The highest BCUT2D eigenvalue weighted by Crippen LogP contribution is 2.26. The Balaban J connectivity index is 2.27. The fraction of sp³-hybridized carbons (Fsp3) is 0.250. The van der Waals surface area contributed by atoms with Crippen LogP contribution in [0.5, 0.6) is 5.75 Å². The molecule has 0 aliphatic carbocycles. The number of hydrogen-bond acceptors (Lipinski definition) is 2. The molecule has 2 aromatic rings. The molecule has 100 valence electrons. The molecule has 3 heteroatoms. The predicted octanol–water partition coefficient (Wildman–Crippen LogP) is 3.61. The molecule has 0 aliphatic rings. The van der Waals surface area contributed by atoms with Crippen molar-refractivity contribution in [3.8, 4) is 5.75 Å². The molecule has 0 amide bonds. The summed E-state index contributed by atoms with van der Waals surface area (Å²) in [5, 5.41) is 10.2. The van der Waals surface area contributed by atoms with Crippen LogP contribution in [0.1, 0.15) is 29.7 Å². The number of aliphatic hydroxyl groups excluding tert-OH is 1. The van der Waals surface area contributed by atoms with Crippen LogP contribution in [0, 0.1) is 12.7 Å². The number of hydrogen-bond donors (Lipinski definition) is 1. The van der Waals surface area contributed by atoms with Crippen LogP contribution in [0.3, 0.4) is 0 Å². The monoisotopic (exact) mass is 260 g/mol. The average molecular weight is 260 g/mol. The highest BCUT2D eigenvalue weighted by Gasteiger charge is 2.15. The first-order valence-corrected chi connectivity index (χ1v) is 6.28. The Bertz CT molecular complexity index is 549. The van der Waals surface area contributed by atoms with Crippen LogP contribution in [-0.2, 0) is 0 Å². The largest absolute Gasteiger partial charge is 0.494 e. The lowest BCUT2D eigenvalue weighted by atomic mass is 9.99. The van der Waals surface area contributed by atoms with Crippen molar-refractivity contribution in [2.75, 3.05) is 6.61 Å². The van der Waals surface area contributed by atoms with Crippen molar-refractivity contribution in [2.45, 2.75) is 20.0 Å². The third-order valence-corrected chi connectivity index (χ3v) is 2.95. The molecule has 0 aliphatic heterocycles. The van der Waals surface area contributed by atoms with Gasteiger partial charge in [-0.3, -0.25) is 0 Å². The van der Waals surface area contributed by atoms with Crippen molar-refractivity contribution in [2.24, 2.45) is 0 Å². The first-order chi connectivity index (χ1) is 9.11. The van der Waals surface area contributed by atoms with Gasteiger partial charge < -0.3 is 9.84 Å². The number of benzene rings is 2. The summed E-state index contributed by atoms with van der Waals surface area (Å²) in [4.78, 5) is 0. The lowest BCUT2D eigenvalue weighted by Gasteiger charge is -2.14. The van der Waals surface area contributed by atoms with Crippen molar-refractivity contribution >= 4 is 0 Å². The van der Waals surface area contributed by atoms with Crippen molar-refractivity contribution in [3.63, 3.8) is 0 Å². The van der Waals surface area contributed by atoms with Gasteiger partial charge in [0.15, 0.2) is 0 Å². The third-order valence-electron chi connectivity index (χ3n) is 2.95.